The topological polar surface area (TPSA) is 70.0 Å². The van der Waals surface area contributed by atoms with Crippen LogP contribution in [0.15, 0.2) is 12.3 Å². The SMILES string of the molecule is NC(=S)NC(c1ccn[nH]1)N1CCCCC1. The maximum Gasteiger partial charge on any atom is 0.165 e. The van der Waals surface area contributed by atoms with Crippen molar-refractivity contribution in [3.05, 3.63) is 18.0 Å². The highest BCUT2D eigenvalue weighted by atomic mass is 32.1. The summed E-state index contributed by atoms with van der Waals surface area (Å²) >= 11 is 4.92. The van der Waals surface area contributed by atoms with Crippen LogP contribution >= 0.6 is 12.2 Å². The average molecular weight is 239 g/mol. The summed E-state index contributed by atoms with van der Waals surface area (Å²) in [4.78, 5) is 2.34. The summed E-state index contributed by atoms with van der Waals surface area (Å²) in [5.41, 5.74) is 6.57. The number of aromatic nitrogens is 2. The van der Waals surface area contributed by atoms with E-state index in [-0.39, 0.29) is 6.17 Å². The molecule has 0 amide bonds. The summed E-state index contributed by atoms with van der Waals surface area (Å²) < 4.78 is 0. The molecule has 1 atom stereocenters. The first kappa shape index (κ1) is 11.3. The zero-order valence-electron chi connectivity index (χ0n) is 9.15. The smallest absolute Gasteiger partial charge is 0.165 e. The molecular formula is C10H17N5S. The van der Waals surface area contributed by atoms with Crippen LogP contribution in [0.3, 0.4) is 0 Å². The third-order valence-corrected chi connectivity index (χ3v) is 2.97. The molecule has 88 valence electrons. The number of likely N-dealkylation sites (tertiary alicyclic amines) is 1. The van der Waals surface area contributed by atoms with Gasteiger partial charge in [0.2, 0.25) is 0 Å². The molecule has 1 aromatic rings. The Morgan fingerprint density at radius 1 is 1.50 bits per heavy atom. The highest BCUT2D eigenvalue weighted by Crippen LogP contribution is 2.20. The number of hydrogen-bond acceptors (Lipinski definition) is 3. The minimum Gasteiger partial charge on any atom is -0.376 e. The van der Waals surface area contributed by atoms with Crippen molar-refractivity contribution < 1.29 is 0 Å². The average Bonchev–Trinajstić information content (AvgIpc) is 2.80. The lowest BCUT2D eigenvalue weighted by atomic mass is 10.1. The monoisotopic (exact) mass is 239 g/mol. The van der Waals surface area contributed by atoms with E-state index in [1.807, 2.05) is 6.07 Å². The molecule has 0 bridgehead atoms. The van der Waals surface area contributed by atoms with Gasteiger partial charge in [0.1, 0.15) is 6.17 Å². The maximum atomic E-state index is 5.57. The van der Waals surface area contributed by atoms with E-state index < -0.39 is 0 Å². The Kier molecular flexibility index (Phi) is 3.74. The first-order valence-electron chi connectivity index (χ1n) is 5.56. The zero-order chi connectivity index (χ0) is 11.4. The Labute approximate surface area is 100 Å². The van der Waals surface area contributed by atoms with Crippen molar-refractivity contribution in [2.24, 2.45) is 5.73 Å². The van der Waals surface area contributed by atoms with Crippen molar-refractivity contribution in [3.63, 3.8) is 0 Å². The normalized spacial score (nSPS) is 19.2. The van der Waals surface area contributed by atoms with Crippen molar-refractivity contribution in [2.45, 2.75) is 25.4 Å². The highest BCUT2D eigenvalue weighted by molar-refractivity contribution is 7.80. The molecule has 1 unspecified atom stereocenters. The van der Waals surface area contributed by atoms with Crippen molar-refractivity contribution in [2.75, 3.05) is 13.1 Å². The van der Waals surface area contributed by atoms with Gasteiger partial charge in [-0.15, -0.1) is 0 Å². The van der Waals surface area contributed by atoms with E-state index in [1.54, 1.807) is 6.20 Å². The van der Waals surface area contributed by atoms with E-state index in [2.05, 4.69) is 20.4 Å². The van der Waals surface area contributed by atoms with Gasteiger partial charge < -0.3 is 11.1 Å². The van der Waals surface area contributed by atoms with E-state index in [1.165, 1.54) is 19.3 Å². The van der Waals surface area contributed by atoms with Crippen LogP contribution in [-0.2, 0) is 0 Å². The molecule has 0 aliphatic carbocycles. The molecule has 0 saturated carbocycles. The number of aromatic amines is 1. The van der Waals surface area contributed by atoms with Gasteiger partial charge in [-0.05, 0) is 31.1 Å². The molecule has 2 rings (SSSR count). The van der Waals surface area contributed by atoms with Gasteiger partial charge in [-0.3, -0.25) is 10.00 Å². The summed E-state index contributed by atoms with van der Waals surface area (Å²) in [7, 11) is 0. The molecule has 2 heterocycles. The van der Waals surface area contributed by atoms with E-state index in [0.717, 1.165) is 18.8 Å². The predicted octanol–water partition coefficient (Wildman–Crippen LogP) is 0.727. The first-order chi connectivity index (χ1) is 7.77. The van der Waals surface area contributed by atoms with Crippen LogP contribution in [0.4, 0.5) is 0 Å². The molecule has 1 aliphatic heterocycles. The fourth-order valence-electron chi connectivity index (χ4n) is 2.10. The highest BCUT2D eigenvalue weighted by Gasteiger charge is 2.23. The summed E-state index contributed by atoms with van der Waals surface area (Å²) in [5, 5.41) is 10.4. The van der Waals surface area contributed by atoms with Crippen LogP contribution in [-0.4, -0.2) is 33.3 Å². The van der Waals surface area contributed by atoms with Gasteiger partial charge in [0.15, 0.2) is 5.11 Å². The van der Waals surface area contributed by atoms with E-state index in [9.17, 15) is 0 Å². The number of piperidine rings is 1. The molecule has 0 spiro atoms. The molecule has 5 nitrogen and oxygen atoms in total. The standard InChI is InChI=1S/C10H17N5S/c11-10(16)13-9(8-4-5-12-14-8)15-6-2-1-3-7-15/h4-5,9H,1-3,6-7H2,(H,12,14)(H3,11,13,16). The molecule has 0 aromatic carbocycles. The lowest BCUT2D eigenvalue weighted by Gasteiger charge is -2.34. The molecule has 1 aromatic heterocycles. The Hall–Kier alpha value is -1.14. The van der Waals surface area contributed by atoms with Gasteiger partial charge in [-0.2, -0.15) is 5.10 Å². The lowest BCUT2D eigenvalue weighted by Crippen LogP contribution is -2.45. The number of nitrogens with zero attached hydrogens (tertiary/aromatic N) is 2. The Balaban J connectivity index is 2.10. The summed E-state index contributed by atoms with van der Waals surface area (Å²) in [6.45, 7) is 2.14. The Morgan fingerprint density at radius 3 is 2.81 bits per heavy atom. The number of nitrogens with one attached hydrogen (secondary N) is 2. The van der Waals surface area contributed by atoms with Gasteiger partial charge >= 0.3 is 0 Å². The van der Waals surface area contributed by atoms with E-state index in [4.69, 9.17) is 18.0 Å². The van der Waals surface area contributed by atoms with E-state index >= 15 is 0 Å². The summed E-state index contributed by atoms with van der Waals surface area (Å²) in [6, 6.07) is 1.95. The van der Waals surface area contributed by atoms with Crippen LogP contribution in [0.25, 0.3) is 0 Å². The summed E-state index contributed by atoms with van der Waals surface area (Å²) in [5.74, 6) is 0. The number of thiocarbonyl (C=S) groups is 1. The molecule has 0 radical (unpaired) electrons. The quantitative estimate of drug-likeness (QED) is 0.678. The largest absolute Gasteiger partial charge is 0.376 e. The van der Waals surface area contributed by atoms with Gasteiger partial charge in [-0.25, -0.2) is 0 Å². The third-order valence-electron chi connectivity index (χ3n) is 2.85. The molecule has 1 saturated heterocycles. The van der Waals surface area contributed by atoms with Crippen molar-refractivity contribution in [1.29, 1.82) is 0 Å². The minimum atomic E-state index is 0.0281. The zero-order valence-corrected chi connectivity index (χ0v) is 9.96. The third kappa shape index (κ3) is 2.70. The van der Waals surface area contributed by atoms with Crippen LogP contribution in [0.2, 0.25) is 0 Å². The molecule has 16 heavy (non-hydrogen) atoms. The van der Waals surface area contributed by atoms with Crippen molar-refractivity contribution in [3.8, 4) is 0 Å². The van der Waals surface area contributed by atoms with Gasteiger partial charge in [-0.1, -0.05) is 6.42 Å². The predicted molar refractivity (Wildman–Crippen MR) is 66.7 cm³/mol. The molecule has 1 aliphatic rings. The Bertz CT molecular complexity index is 331. The number of hydrogen-bond donors (Lipinski definition) is 3. The number of rotatable bonds is 3. The van der Waals surface area contributed by atoms with Crippen LogP contribution in [0, 0.1) is 0 Å². The molecule has 4 N–H and O–H groups in total. The second-order valence-electron chi connectivity index (χ2n) is 4.02. The van der Waals surface area contributed by atoms with Crippen molar-refractivity contribution >= 4 is 17.3 Å². The van der Waals surface area contributed by atoms with Gasteiger partial charge in [0, 0.05) is 19.3 Å². The Morgan fingerprint density at radius 2 is 2.25 bits per heavy atom. The van der Waals surface area contributed by atoms with E-state index in [0.29, 0.717) is 5.11 Å². The lowest BCUT2D eigenvalue weighted by molar-refractivity contribution is 0.149. The number of H-pyrrole nitrogens is 1. The fraction of sp³-hybridized carbons (Fsp3) is 0.600. The second kappa shape index (κ2) is 5.27. The summed E-state index contributed by atoms with van der Waals surface area (Å²) in [6.07, 6.45) is 5.53. The molecule has 6 heteroatoms. The van der Waals surface area contributed by atoms with Crippen LogP contribution in [0.1, 0.15) is 31.1 Å². The minimum absolute atomic E-state index is 0.0281. The first-order valence-corrected chi connectivity index (χ1v) is 5.97. The van der Waals surface area contributed by atoms with Gasteiger partial charge in [0.05, 0.1) is 5.69 Å². The van der Waals surface area contributed by atoms with Gasteiger partial charge in [0.25, 0.3) is 0 Å². The number of nitrogens with two attached hydrogens (primary N) is 1. The van der Waals surface area contributed by atoms with Crippen molar-refractivity contribution in [1.82, 2.24) is 20.4 Å². The van der Waals surface area contributed by atoms with Crippen LogP contribution < -0.4 is 11.1 Å². The maximum absolute atomic E-state index is 5.57. The molecule has 1 fully saturated rings. The van der Waals surface area contributed by atoms with Crippen LogP contribution in [0.5, 0.6) is 0 Å². The fourth-order valence-corrected chi connectivity index (χ4v) is 2.21. The molecular weight excluding hydrogens is 222 g/mol. The second-order valence-corrected chi connectivity index (χ2v) is 4.46.